The number of aromatic nitrogens is 2. The second kappa shape index (κ2) is 7.02. The van der Waals surface area contributed by atoms with Gasteiger partial charge in [0.25, 0.3) is 0 Å². The Morgan fingerprint density at radius 1 is 0.760 bits per heavy atom. The maximum absolute atomic E-state index is 3.72. The molecule has 0 amide bonds. The van der Waals surface area contributed by atoms with Crippen LogP contribution < -0.4 is 0 Å². The van der Waals surface area contributed by atoms with Crippen molar-refractivity contribution in [1.29, 1.82) is 0 Å². The molecule has 1 heterocycles. The van der Waals surface area contributed by atoms with Crippen molar-refractivity contribution in [1.82, 2.24) is 9.97 Å². The lowest BCUT2D eigenvalue weighted by molar-refractivity contribution is 0.593. The zero-order valence-electron chi connectivity index (χ0n) is 14.5. The minimum atomic E-state index is 0.722. The average molecular weight is 326 g/mol. The van der Waals surface area contributed by atoms with Gasteiger partial charge in [-0.1, -0.05) is 55.5 Å². The van der Waals surface area contributed by atoms with E-state index < -0.39 is 0 Å². The first-order valence-corrected chi connectivity index (χ1v) is 8.98. The first kappa shape index (κ1) is 15.8. The molecule has 0 saturated carbocycles. The van der Waals surface area contributed by atoms with E-state index in [1.54, 1.807) is 35.9 Å². The van der Waals surface area contributed by atoms with Gasteiger partial charge >= 0.3 is 0 Å². The summed E-state index contributed by atoms with van der Waals surface area (Å²) in [5.41, 5.74) is 3.18. The standard InChI is InChI=1S/C19H18.C4H4N2/c1-13-5-4-8-17-15(13)11-12-18-16-7-3-2-6-14(16)9-10-19(17)18;1-2-6-4-3-5-1/h2-3,6-7,9-13H,4-5,8H2,1H3;1-4H. The topological polar surface area (TPSA) is 25.8 Å². The molecule has 3 aromatic carbocycles. The molecule has 0 fully saturated rings. The Hall–Kier alpha value is -2.74. The van der Waals surface area contributed by atoms with Gasteiger partial charge in [-0.15, -0.1) is 0 Å². The minimum absolute atomic E-state index is 0.722. The molecule has 2 heteroatoms. The summed E-state index contributed by atoms with van der Waals surface area (Å²) >= 11 is 0. The monoisotopic (exact) mass is 326 g/mol. The van der Waals surface area contributed by atoms with Crippen LogP contribution in [0.25, 0.3) is 21.5 Å². The van der Waals surface area contributed by atoms with Crippen LogP contribution in [0.5, 0.6) is 0 Å². The number of nitrogens with zero attached hydrogens (tertiary/aromatic N) is 2. The van der Waals surface area contributed by atoms with Gasteiger partial charge in [0.15, 0.2) is 0 Å². The van der Waals surface area contributed by atoms with Crippen molar-refractivity contribution >= 4 is 21.5 Å². The van der Waals surface area contributed by atoms with Crippen molar-refractivity contribution in [2.75, 3.05) is 0 Å². The van der Waals surface area contributed by atoms with Crippen molar-refractivity contribution in [3.63, 3.8) is 0 Å². The Balaban J connectivity index is 0.000000223. The first-order chi connectivity index (χ1) is 12.3. The van der Waals surface area contributed by atoms with E-state index >= 15 is 0 Å². The number of aryl methyl sites for hydroxylation is 1. The number of hydrogen-bond acceptors (Lipinski definition) is 2. The van der Waals surface area contributed by atoms with E-state index in [0.717, 1.165) is 5.92 Å². The Kier molecular flexibility index (Phi) is 4.43. The van der Waals surface area contributed by atoms with Crippen molar-refractivity contribution in [3.05, 3.63) is 84.4 Å². The summed E-state index contributed by atoms with van der Waals surface area (Å²) in [6, 6.07) is 18.0. The molecule has 0 radical (unpaired) electrons. The van der Waals surface area contributed by atoms with Gasteiger partial charge in [0.2, 0.25) is 0 Å². The highest BCUT2D eigenvalue weighted by molar-refractivity contribution is 6.08. The van der Waals surface area contributed by atoms with E-state index in [9.17, 15) is 0 Å². The predicted molar refractivity (Wildman–Crippen MR) is 105 cm³/mol. The third-order valence-corrected chi connectivity index (χ3v) is 5.15. The summed E-state index contributed by atoms with van der Waals surface area (Å²) in [6.45, 7) is 2.37. The Labute approximate surface area is 148 Å². The zero-order chi connectivity index (χ0) is 17.1. The lowest BCUT2D eigenvalue weighted by atomic mass is 9.81. The van der Waals surface area contributed by atoms with Crippen molar-refractivity contribution < 1.29 is 0 Å². The van der Waals surface area contributed by atoms with Crippen LogP contribution >= 0.6 is 0 Å². The predicted octanol–water partition coefficient (Wildman–Crippen LogP) is 5.91. The van der Waals surface area contributed by atoms with Crippen LogP contribution in [0.3, 0.4) is 0 Å². The van der Waals surface area contributed by atoms with Crippen LogP contribution in [0.15, 0.2) is 73.3 Å². The molecule has 1 unspecified atom stereocenters. The first-order valence-electron chi connectivity index (χ1n) is 8.98. The SMILES string of the molecule is CC1CCCc2c1ccc1c2ccc2ccccc21.c1cnccn1. The molecule has 0 saturated heterocycles. The number of hydrogen-bond donors (Lipinski definition) is 0. The largest absolute Gasteiger partial charge is 0.262 e. The summed E-state index contributed by atoms with van der Waals surface area (Å²) < 4.78 is 0. The molecule has 1 aliphatic carbocycles. The Morgan fingerprint density at radius 3 is 2.24 bits per heavy atom. The van der Waals surface area contributed by atoms with E-state index in [1.165, 1.54) is 40.8 Å². The van der Waals surface area contributed by atoms with Gasteiger partial charge in [-0.2, -0.15) is 0 Å². The molecule has 0 bridgehead atoms. The van der Waals surface area contributed by atoms with Crippen LogP contribution in [0.2, 0.25) is 0 Å². The molecule has 0 spiro atoms. The third kappa shape index (κ3) is 3.12. The summed E-state index contributed by atoms with van der Waals surface area (Å²) in [5.74, 6) is 0.722. The maximum atomic E-state index is 3.72. The molecule has 5 rings (SSSR count). The van der Waals surface area contributed by atoms with Gasteiger partial charge in [0.05, 0.1) is 0 Å². The average Bonchev–Trinajstić information content (AvgIpc) is 2.69. The second-order valence-electron chi connectivity index (χ2n) is 6.70. The summed E-state index contributed by atoms with van der Waals surface area (Å²) in [7, 11) is 0. The van der Waals surface area contributed by atoms with E-state index in [4.69, 9.17) is 0 Å². The molecule has 25 heavy (non-hydrogen) atoms. The molecule has 4 aromatic rings. The number of rotatable bonds is 0. The lowest BCUT2D eigenvalue weighted by Gasteiger charge is -2.24. The molecule has 1 atom stereocenters. The van der Waals surface area contributed by atoms with Crippen LogP contribution in [0.1, 0.15) is 36.8 Å². The van der Waals surface area contributed by atoms with Gasteiger partial charge in [-0.25, -0.2) is 0 Å². The van der Waals surface area contributed by atoms with E-state index in [-0.39, 0.29) is 0 Å². The van der Waals surface area contributed by atoms with Crippen LogP contribution in [0, 0.1) is 0 Å². The fraction of sp³-hybridized carbons (Fsp3) is 0.217. The second-order valence-corrected chi connectivity index (χ2v) is 6.70. The molecule has 2 nitrogen and oxygen atoms in total. The Bertz CT molecular complexity index is 966. The summed E-state index contributed by atoms with van der Waals surface area (Å²) in [6.07, 6.45) is 10.5. The zero-order valence-corrected chi connectivity index (χ0v) is 14.5. The molecule has 124 valence electrons. The third-order valence-electron chi connectivity index (χ3n) is 5.15. The molecule has 0 N–H and O–H groups in total. The van der Waals surface area contributed by atoms with E-state index in [1.807, 2.05) is 0 Å². The van der Waals surface area contributed by atoms with Crippen LogP contribution in [-0.4, -0.2) is 9.97 Å². The minimum Gasteiger partial charge on any atom is -0.262 e. The molecular formula is C23H22N2. The summed E-state index contributed by atoms with van der Waals surface area (Å²) in [4.78, 5) is 7.44. The number of benzene rings is 3. The van der Waals surface area contributed by atoms with Crippen LogP contribution in [-0.2, 0) is 6.42 Å². The lowest BCUT2D eigenvalue weighted by Crippen LogP contribution is -2.07. The fourth-order valence-corrected chi connectivity index (χ4v) is 3.90. The molecular weight excluding hydrogens is 304 g/mol. The molecule has 1 aromatic heterocycles. The molecule has 0 aliphatic heterocycles. The van der Waals surface area contributed by atoms with Crippen LogP contribution in [0.4, 0.5) is 0 Å². The highest BCUT2D eigenvalue weighted by Gasteiger charge is 2.18. The van der Waals surface area contributed by atoms with Gasteiger partial charge < -0.3 is 0 Å². The van der Waals surface area contributed by atoms with Crippen molar-refractivity contribution in [3.8, 4) is 0 Å². The summed E-state index contributed by atoms with van der Waals surface area (Å²) in [5, 5.41) is 5.63. The highest BCUT2D eigenvalue weighted by atomic mass is 14.7. The fourth-order valence-electron chi connectivity index (χ4n) is 3.90. The van der Waals surface area contributed by atoms with Gasteiger partial charge in [0, 0.05) is 24.8 Å². The normalized spacial score (nSPS) is 16.1. The van der Waals surface area contributed by atoms with Crippen molar-refractivity contribution in [2.45, 2.75) is 32.1 Å². The van der Waals surface area contributed by atoms with Gasteiger partial charge in [-0.05, 0) is 57.9 Å². The Morgan fingerprint density at radius 2 is 1.48 bits per heavy atom. The van der Waals surface area contributed by atoms with Gasteiger partial charge in [-0.3, -0.25) is 9.97 Å². The highest BCUT2D eigenvalue weighted by Crippen LogP contribution is 2.37. The van der Waals surface area contributed by atoms with Crippen molar-refractivity contribution in [2.24, 2.45) is 0 Å². The van der Waals surface area contributed by atoms with E-state index in [0.29, 0.717) is 0 Å². The molecule has 1 aliphatic rings. The number of fused-ring (bicyclic) bond motifs is 5. The maximum Gasteiger partial charge on any atom is 0.0451 e. The van der Waals surface area contributed by atoms with Gasteiger partial charge in [0.1, 0.15) is 0 Å². The van der Waals surface area contributed by atoms with E-state index in [2.05, 4.69) is 65.4 Å². The smallest absolute Gasteiger partial charge is 0.0451 e. The quantitative estimate of drug-likeness (QED) is 0.375.